The number of ether oxygens (including phenoxy) is 1. The van der Waals surface area contributed by atoms with Gasteiger partial charge in [0.1, 0.15) is 11.6 Å². The summed E-state index contributed by atoms with van der Waals surface area (Å²) < 4.78 is 55.9. The molecule has 3 aromatic rings. The van der Waals surface area contributed by atoms with E-state index in [0.717, 1.165) is 29.2 Å². The van der Waals surface area contributed by atoms with Crippen molar-refractivity contribution >= 4 is 10.8 Å². The molecule has 0 heterocycles. The summed E-state index contributed by atoms with van der Waals surface area (Å²) in [5.41, 5.74) is 2.71. The SMILES string of the molecule is CCC1CCC(CCc2ccc3c(F)c(CCc4ccc(OC(F)(F)F)cc4)ccc3c2)CC1. The first-order chi connectivity index (χ1) is 16.3. The Kier molecular flexibility index (Phi) is 7.80. The van der Waals surface area contributed by atoms with Crippen molar-refractivity contribution in [2.45, 2.75) is 71.1 Å². The summed E-state index contributed by atoms with van der Waals surface area (Å²) in [6.45, 7) is 2.29. The molecule has 0 aromatic heterocycles. The zero-order valence-corrected chi connectivity index (χ0v) is 19.6. The largest absolute Gasteiger partial charge is 0.573 e. The second kappa shape index (κ2) is 10.8. The Hall–Kier alpha value is -2.56. The number of hydrogen-bond donors (Lipinski definition) is 0. The van der Waals surface area contributed by atoms with E-state index in [2.05, 4.69) is 17.7 Å². The zero-order valence-electron chi connectivity index (χ0n) is 19.6. The first-order valence-corrected chi connectivity index (χ1v) is 12.4. The Morgan fingerprint density at radius 3 is 2.15 bits per heavy atom. The van der Waals surface area contributed by atoms with Gasteiger partial charge in [-0.25, -0.2) is 4.39 Å². The number of fused-ring (bicyclic) bond motifs is 1. The number of rotatable bonds is 8. The smallest absolute Gasteiger partial charge is 0.406 e. The normalized spacial score (nSPS) is 18.9. The van der Waals surface area contributed by atoms with Gasteiger partial charge in [0.15, 0.2) is 0 Å². The molecule has 1 aliphatic rings. The van der Waals surface area contributed by atoms with Crippen LogP contribution in [-0.2, 0) is 19.3 Å². The highest BCUT2D eigenvalue weighted by atomic mass is 19.4. The van der Waals surface area contributed by atoms with Crippen molar-refractivity contribution < 1.29 is 22.3 Å². The van der Waals surface area contributed by atoms with Crippen LogP contribution in [0.15, 0.2) is 54.6 Å². The average Bonchev–Trinajstić information content (AvgIpc) is 2.82. The summed E-state index contributed by atoms with van der Waals surface area (Å²) in [4.78, 5) is 0. The highest BCUT2D eigenvalue weighted by Crippen LogP contribution is 2.33. The molecule has 0 aliphatic heterocycles. The van der Waals surface area contributed by atoms with Crippen molar-refractivity contribution in [2.75, 3.05) is 0 Å². The van der Waals surface area contributed by atoms with Crippen LogP contribution in [0.5, 0.6) is 5.75 Å². The van der Waals surface area contributed by atoms with E-state index in [1.807, 2.05) is 24.3 Å². The molecule has 0 N–H and O–H groups in total. The van der Waals surface area contributed by atoms with Gasteiger partial charge < -0.3 is 4.74 Å². The lowest BCUT2D eigenvalue weighted by molar-refractivity contribution is -0.274. The van der Waals surface area contributed by atoms with Gasteiger partial charge in [0.25, 0.3) is 0 Å². The number of aryl methyl sites for hydroxylation is 3. The lowest BCUT2D eigenvalue weighted by atomic mass is 9.78. The van der Waals surface area contributed by atoms with Gasteiger partial charge in [0, 0.05) is 5.39 Å². The van der Waals surface area contributed by atoms with E-state index in [-0.39, 0.29) is 11.6 Å². The van der Waals surface area contributed by atoms with E-state index in [4.69, 9.17) is 0 Å². The van der Waals surface area contributed by atoms with Crippen molar-refractivity contribution in [2.24, 2.45) is 11.8 Å². The fourth-order valence-electron chi connectivity index (χ4n) is 5.17. The number of hydrogen-bond acceptors (Lipinski definition) is 1. The molecular weight excluding hydrogens is 440 g/mol. The highest BCUT2D eigenvalue weighted by molar-refractivity contribution is 5.84. The van der Waals surface area contributed by atoms with E-state index in [9.17, 15) is 13.2 Å². The summed E-state index contributed by atoms with van der Waals surface area (Å²) in [6.07, 6.45) is 5.24. The van der Waals surface area contributed by atoms with Crippen LogP contribution in [0.1, 0.15) is 62.1 Å². The van der Waals surface area contributed by atoms with Gasteiger partial charge in [-0.3, -0.25) is 0 Å². The molecule has 0 unspecified atom stereocenters. The molecule has 1 aliphatic carbocycles. The molecule has 0 saturated heterocycles. The van der Waals surface area contributed by atoms with Gasteiger partial charge >= 0.3 is 6.36 Å². The topological polar surface area (TPSA) is 9.23 Å². The summed E-state index contributed by atoms with van der Waals surface area (Å²) in [6, 6.07) is 15.6. The molecule has 1 nitrogen and oxygen atoms in total. The first-order valence-electron chi connectivity index (χ1n) is 12.4. The van der Waals surface area contributed by atoms with Crippen LogP contribution in [0.25, 0.3) is 10.8 Å². The predicted octanol–water partition coefficient (Wildman–Crippen LogP) is 8.81. The molecule has 0 atom stereocenters. The van der Waals surface area contributed by atoms with E-state index in [1.54, 1.807) is 12.1 Å². The highest BCUT2D eigenvalue weighted by Gasteiger charge is 2.31. The minimum absolute atomic E-state index is 0.209. The molecule has 0 bridgehead atoms. The van der Waals surface area contributed by atoms with Gasteiger partial charge in [-0.05, 0) is 71.7 Å². The average molecular weight is 473 g/mol. The minimum atomic E-state index is -4.70. The molecule has 1 fully saturated rings. The number of benzene rings is 3. The van der Waals surface area contributed by atoms with Crippen LogP contribution in [0.4, 0.5) is 17.6 Å². The van der Waals surface area contributed by atoms with E-state index < -0.39 is 6.36 Å². The van der Waals surface area contributed by atoms with Crippen LogP contribution in [-0.4, -0.2) is 6.36 Å². The maximum atomic E-state index is 15.2. The molecule has 34 heavy (non-hydrogen) atoms. The van der Waals surface area contributed by atoms with Crippen LogP contribution in [0.2, 0.25) is 0 Å². The fourth-order valence-corrected chi connectivity index (χ4v) is 5.17. The molecule has 4 rings (SSSR count). The Labute approximate surface area is 199 Å². The third-order valence-corrected chi connectivity index (χ3v) is 7.32. The zero-order chi connectivity index (χ0) is 24.1. The molecule has 0 radical (unpaired) electrons. The lowest BCUT2D eigenvalue weighted by Gasteiger charge is -2.27. The van der Waals surface area contributed by atoms with Crippen molar-refractivity contribution in [1.82, 2.24) is 0 Å². The van der Waals surface area contributed by atoms with Gasteiger partial charge in [0.05, 0.1) is 0 Å². The lowest BCUT2D eigenvalue weighted by Crippen LogP contribution is -2.17. The molecule has 0 amide bonds. The third-order valence-electron chi connectivity index (χ3n) is 7.32. The fraction of sp³-hybridized carbons (Fsp3) is 0.448. The Morgan fingerprint density at radius 1 is 0.794 bits per heavy atom. The van der Waals surface area contributed by atoms with E-state index in [1.165, 1.54) is 56.2 Å². The van der Waals surface area contributed by atoms with Crippen LogP contribution < -0.4 is 4.74 Å². The van der Waals surface area contributed by atoms with E-state index in [0.29, 0.717) is 23.8 Å². The molecular formula is C29H32F4O. The summed E-state index contributed by atoms with van der Waals surface area (Å²) in [7, 11) is 0. The van der Waals surface area contributed by atoms with Crippen molar-refractivity contribution in [3.8, 4) is 5.75 Å². The van der Waals surface area contributed by atoms with Crippen LogP contribution in [0, 0.1) is 17.7 Å². The minimum Gasteiger partial charge on any atom is -0.406 e. The quantitative estimate of drug-likeness (QED) is 0.298. The molecule has 0 spiro atoms. The summed E-state index contributed by atoms with van der Waals surface area (Å²) >= 11 is 0. The molecule has 5 heteroatoms. The second-order valence-electron chi connectivity index (χ2n) is 9.62. The predicted molar refractivity (Wildman–Crippen MR) is 128 cm³/mol. The van der Waals surface area contributed by atoms with Gasteiger partial charge in [0.2, 0.25) is 0 Å². The Bertz CT molecular complexity index is 1080. The van der Waals surface area contributed by atoms with Gasteiger partial charge in [-0.15, -0.1) is 13.2 Å². The van der Waals surface area contributed by atoms with Crippen molar-refractivity contribution in [3.05, 3.63) is 77.1 Å². The molecule has 182 valence electrons. The van der Waals surface area contributed by atoms with Gasteiger partial charge in [-0.1, -0.05) is 81.5 Å². The first kappa shape index (κ1) is 24.6. The Balaban J connectivity index is 1.35. The third kappa shape index (κ3) is 6.52. The van der Waals surface area contributed by atoms with Gasteiger partial charge in [-0.2, -0.15) is 0 Å². The number of halogens is 4. The van der Waals surface area contributed by atoms with Crippen molar-refractivity contribution in [1.29, 1.82) is 0 Å². The summed E-state index contributed by atoms with van der Waals surface area (Å²) in [5.74, 6) is 1.26. The Morgan fingerprint density at radius 2 is 1.47 bits per heavy atom. The van der Waals surface area contributed by atoms with Crippen LogP contribution in [0.3, 0.4) is 0 Å². The monoisotopic (exact) mass is 472 g/mol. The molecule has 3 aromatic carbocycles. The molecule has 1 saturated carbocycles. The summed E-state index contributed by atoms with van der Waals surface area (Å²) in [5, 5.41) is 1.54. The maximum Gasteiger partial charge on any atom is 0.573 e. The van der Waals surface area contributed by atoms with Crippen molar-refractivity contribution in [3.63, 3.8) is 0 Å². The standard InChI is InChI=1S/C29H32F4O/c1-2-20-3-5-21(6-4-20)7-8-23-12-18-27-25(19-23)15-14-24(28(27)30)13-9-22-10-16-26(17-11-22)34-29(31,32)33/h10-12,14-21H,2-9,13H2,1H3. The van der Waals surface area contributed by atoms with Crippen LogP contribution >= 0.6 is 0 Å². The maximum absolute atomic E-state index is 15.2. The second-order valence-corrected chi connectivity index (χ2v) is 9.62. The number of alkyl halides is 3. The van der Waals surface area contributed by atoms with E-state index >= 15 is 4.39 Å².